The lowest BCUT2D eigenvalue weighted by Crippen LogP contribution is -2.11. The van der Waals surface area contributed by atoms with Gasteiger partial charge in [-0.1, -0.05) is 6.07 Å². The van der Waals surface area contributed by atoms with Gasteiger partial charge in [-0.15, -0.1) is 0 Å². The number of methoxy groups -OCH3 is 2. The first-order valence-corrected chi connectivity index (χ1v) is 4.88. The maximum absolute atomic E-state index is 11.7. The largest absolute Gasteiger partial charge is 0.493 e. The Morgan fingerprint density at radius 1 is 1.38 bits per heavy atom. The second kappa shape index (κ2) is 4.02. The van der Waals surface area contributed by atoms with E-state index in [0.29, 0.717) is 17.1 Å². The normalized spacial score (nSPS) is 17.9. The Kier molecular flexibility index (Phi) is 2.70. The summed E-state index contributed by atoms with van der Waals surface area (Å²) in [6.07, 6.45) is -0.387. The molecule has 0 aromatic heterocycles. The second-order valence-electron chi connectivity index (χ2n) is 3.39. The third-order valence-electron chi connectivity index (χ3n) is 2.59. The van der Waals surface area contributed by atoms with Gasteiger partial charge < -0.3 is 19.9 Å². The summed E-state index contributed by atoms with van der Waals surface area (Å²) in [5.41, 5.74) is 6.69. The van der Waals surface area contributed by atoms with Crippen molar-refractivity contribution in [1.29, 1.82) is 0 Å². The number of carbonyl (C=O) groups excluding carboxylic acids is 1. The maximum Gasteiger partial charge on any atom is 0.343 e. The molecule has 1 aliphatic heterocycles. The van der Waals surface area contributed by atoms with Crippen molar-refractivity contribution in [3.8, 4) is 11.5 Å². The summed E-state index contributed by atoms with van der Waals surface area (Å²) < 4.78 is 15.4. The van der Waals surface area contributed by atoms with Crippen LogP contribution >= 0.6 is 0 Å². The molecule has 0 amide bonds. The van der Waals surface area contributed by atoms with E-state index in [2.05, 4.69) is 0 Å². The van der Waals surface area contributed by atoms with E-state index >= 15 is 0 Å². The number of rotatable bonds is 3. The Bertz CT molecular complexity index is 430. The van der Waals surface area contributed by atoms with Gasteiger partial charge in [0, 0.05) is 12.1 Å². The highest BCUT2D eigenvalue weighted by Gasteiger charge is 2.34. The quantitative estimate of drug-likeness (QED) is 0.770. The zero-order valence-electron chi connectivity index (χ0n) is 9.15. The Labute approximate surface area is 93.1 Å². The minimum Gasteiger partial charge on any atom is -0.493 e. The first-order chi connectivity index (χ1) is 7.72. The van der Waals surface area contributed by atoms with Crippen LogP contribution in [-0.4, -0.2) is 26.7 Å². The Hall–Kier alpha value is -1.75. The van der Waals surface area contributed by atoms with Crippen molar-refractivity contribution < 1.29 is 19.0 Å². The molecule has 1 aromatic carbocycles. The van der Waals surface area contributed by atoms with Crippen LogP contribution < -0.4 is 15.2 Å². The summed E-state index contributed by atoms with van der Waals surface area (Å²) in [6, 6.07) is 3.52. The predicted molar refractivity (Wildman–Crippen MR) is 56.8 cm³/mol. The molecule has 0 saturated carbocycles. The summed E-state index contributed by atoms with van der Waals surface area (Å²) in [6.45, 7) is 0.258. The molecular weight excluding hydrogens is 210 g/mol. The van der Waals surface area contributed by atoms with Crippen LogP contribution in [-0.2, 0) is 4.74 Å². The predicted octanol–water partition coefficient (Wildman–Crippen LogP) is 0.874. The van der Waals surface area contributed by atoms with Crippen molar-refractivity contribution in [3.63, 3.8) is 0 Å². The molecule has 2 rings (SSSR count). The van der Waals surface area contributed by atoms with E-state index < -0.39 is 5.97 Å². The van der Waals surface area contributed by atoms with Gasteiger partial charge in [-0.2, -0.15) is 0 Å². The van der Waals surface area contributed by atoms with Crippen LogP contribution in [0.5, 0.6) is 11.5 Å². The fourth-order valence-corrected chi connectivity index (χ4v) is 1.85. The number of ether oxygens (including phenoxy) is 3. The van der Waals surface area contributed by atoms with E-state index in [4.69, 9.17) is 19.9 Å². The lowest BCUT2D eigenvalue weighted by Gasteiger charge is -2.10. The Balaban J connectivity index is 2.60. The van der Waals surface area contributed by atoms with Crippen molar-refractivity contribution >= 4 is 5.97 Å². The van der Waals surface area contributed by atoms with Crippen LogP contribution in [0, 0.1) is 0 Å². The SMILES string of the molecule is COc1ccc2c(c1OC)C(=O)O[C@@H]2CN. The Morgan fingerprint density at radius 3 is 2.69 bits per heavy atom. The lowest BCUT2D eigenvalue weighted by atomic mass is 10.0. The molecule has 1 aliphatic rings. The summed E-state index contributed by atoms with van der Waals surface area (Å²) in [5, 5.41) is 0. The minimum absolute atomic E-state index is 0.258. The number of cyclic esters (lactones) is 1. The second-order valence-corrected chi connectivity index (χ2v) is 3.39. The molecule has 16 heavy (non-hydrogen) atoms. The average molecular weight is 223 g/mol. The monoisotopic (exact) mass is 223 g/mol. The summed E-state index contributed by atoms with van der Waals surface area (Å²) in [5.74, 6) is 0.498. The molecule has 5 heteroatoms. The number of fused-ring (bicyclic) bond motifs is 1. The molecule has 1 aromatic rings. The molecule has 86 valence electrons. The van der Waals surface area contributed by atoms with Crippen molar-refractivity contribution in [3.05, 3.63) is 23.3 Å². The van der Waals surface area contributed by atoms with Gasteiger partial charge in [-0.05, 0) is 6.07 Å². The third kappa shape index (κ3) is 1.40. The van der Waals surface area contributed by atoms with Gasteiger partial charge in [-0.25, -0.2) is 4.79 Å². The molecular formula is C11H13NO4. The molecule has 1 heterocycles. The molecule has 0 aliphatic carbocycles. The lowest BCUT2D eigenvalue weighted by molar-refractivity contribution is 0.0401. The zero-order valence-corrected chi connectivity index (χ0v) is 9.15. The minimum atomic E-state index is -0.416. The van der Waals surface area contributed by atoms with Crippen LogP contribution in [0.25, 0.3) is 0 Å². The van der Waals surface area contributed by atoms with E-state index in [1.54, 1.807) is 12.1 Å². The highest BCUT2D eigenvalue weighted by atomic mass is 16.6. The van der Waals surface area contributed by atoms with Gasteiger partial charge in [0.15, 0.2) is 11.5 Å². The number of nitrogens with two attached hydrogens (primary N) is 1. The number of hydrogen-bond donors (Lipinski definition) is 1. The first-order valence-electron chi connectivity index (χ1n) is 4.88. The standard InChI is InChI=1S/C11H13NO4/c1-14-7-4-3-6-8(5-12)16-11(13)9(6)10(7)15-2/h3-4,8H,5,12H2,1-2H3/t8-/m1/s1. The van der Waals surface area contributed by atoms with Crippen LogP contribution in [0.3, 0.4) is 0 Å². The van der Waals surface area contributed by atoms with Crippen LogP contribution in [0.2, 0.25) is 0 Å². The van der Waals surface area contributed by atoms with E-state index in [-0.39, 0.29) is 12.6 Å². The van der Waals surface area contributed by atoms with Gasteiger partial charge >= 0.3 is 5.97 Å². The Morgan fingerprint density at radius 2 is 2.12 bits per heavy atom. The summed E-state index contributed by atoms with van der Waals surface area (Å²) in [7, 11) is 3.01. The number of hydrogen-bond acceptors (Lipinski definition) is 5. The molecule has 1 atom stereocenters. The third-order valence-corrected chi connectivity index (χ3v) is 2.59. The van der Waals surface area contributed by atoms with Gasteiger partial charge in [-0.3, -0.25) is 0 Å². The maximum atomic E-state index is 11.7. The van der Waals surface area contributed by atoms with E-state index in [1.165, 1.54) is 14.2 Å². The molecule has 5 nitrogen and oxygen atoms in total. The van der Waals surface area contributed by atoms with Crippen LogP contribution in [0.4, 0.5) is 0 Å². The zero-order chi connectivity index (χ0) is 11.7. The fourth-order valence-electron chi connectivity index (χ4n) is 1.85. The molecule has 0 fully saturated rings. The van der Waals surface area contributed by atoms with E-state index in [0.717, 1.165) is 5.56 Å². The number of carbonyl (C=O) groups is 1. The molecule has 0 bridgehead atoms. The van der Waals surface area contributed by atoms with Crippen molar-refractivity contribution in [2.24, 2.45) is 5.73 Å². The van der Waals surface area contributed by atoms with Gasteiger partial charge in [0.1, 0.15) is 11.7 Å². The van der Waals surface area contributed by atoms with Crippen molar-refractivity contribution in [2.45, 2.75) is 6.10 Å². The molecule has 2 N–H and O–H groups in total. The highest BCUT2D eigenvalue weighted by Crippen LogP contribution is 2.41. The molecule has 0 unspecified atom stereocenters. The summed E-state index contributed by atoms with van der Waals surface area (Å²) in [4.78, 5) is 11.7. The number of esters is 1. The van der Waals surface area contributed by atoms with Crippen molar-refractivity contribution in [1.82, 2.24) is 0 Å². The van der Waals surface area contributed by atoms with Gasteiger partial charge in [0.05, 0.1) is 14.2 Å². The van der Waals surface area contributed by atoms with E-state index in [1.807, 2.05) is 0 Å². The molecule has 0 saturated heterocycles. The number of benzene rings is 1. The van der Waals surface area contributed by atoms with E-state index in [9.17, 15) is 4.79 Å². The van der Waals surface area contributed by atoms with Crippen LogP contribution in [0.15, 0.2) is 12.1 Å². The molecule has 0 spiro atoms. The fraction of sp³-hybridized carbons (Fsp3) is 0.364. The summed E-state index contributed by atoms with van der Waals surface area (Å²) >= 11 is 0. The van der Waals surface area contributed by atoms with Crippen LogP contribution in [0.1, 0.15) is 22.0 Å². The van der Waals surface area contributed by atoms with Gasteiger partial charge in [0.2, 0.25) is 0 Å². The highest BCUT2D eigenvalue weighted by molar-refractivity contribution is 5.98. The first kappa shape index (κ1) is 10.8. The molecule has 0 radical (unpaired) electrons. The topological polar surface area (TPSA) is 70.8 Å². The smallest absolute Gasteiger partial charge is 0.343 e. The average Bonchev–Trinajstić information content (AvgIpc) is 2.65. The van der Waals surface area contributed by atoms with Gasteiger partial charge in [0.25, 0.3) is 0 Å². The van der Waals surface area contributed by atoms with Crippen molar-refractivity contribution in [2.75, 3.05) is 20.8 Å².